The van der Waals surface area contributed by atoms with Crippen molar-refractivity contribution in [3.8, 4) is 28.7 Å². The van der Waals surface area contributed by atoms with Crippen molar-refractivity contribution in [2.75, 3.05) is 31.4 Å². The molecule has 0 unspecified atom stereocenters. The van der Waals surface area contributed by atoms with E-state index in [4.69, 9.17) is 23.1 Å². The zero-order chi connectivity index (χ0) is 19.9. The third-order valence-corrected chi connectivity index (χ3v) is 4.77. The van der Waals surface area contributed by atoms with Crippen LogP contribution in [0.1, 0.15) is 0 Å². The van der Waals surface area contributed by atoms with Crippen LogP contribution in [0.15, 0.2) is 36.4 Å². The van der Waals surface area contributed by atoms with Gasteiger partial charge in [-0.05, 0) is 24.3 Å². The van der Waals surface area contributed by atoms with Crippen LogP contribution in [-0.4, -0.2) is 47.8 Å². The summed E-state index contributed by atoms with van der Waals surface area (Å²) in [6.45, 7) is 0.0874. The number of benzene rings is 2. The highest BCUT2D eigenvalue weighted by atomic mass is 32.3. The van der Waals surface area contributed by atoms with Crippen molar-refractivity contribution in [3.05, 3.63) is 36.4 Å². The molecular weight excluding hydrogens is 390 g/mol. The molecule has 0 bridgehead atoms. The Kier molecular flexibility index (Phi) is 4.71. The summed E-state index contributed by atoms with van der Waals surface area (Å²) in [5, 5.41) is 0. The SMILES string of the molecule is COc1cccc2c1Oc1cc(N3C[C@H](COS(C)(O)O)OC3=O)ccc1O2. The highest BCUT2D eigenvalue weighted by Crippen LogP contribution is 2.50. The van der Waals surface area contributed by atoms with E-state index in [1.54, 1.807) is 43.5 Å². The quantitative estimate of drug-likeness (QED) is 0.645. The molecule has 0 aliphatic carbocycles. The Morgan fingerprint density at radius 1 is 1.18 bits per heavy atom. The molecule has 4 rings (SSSR count). The second-order valence-corrected chi connectivity index (χ2v) is 8.05. The Bertz CT molecular complexity index is 913. The fourth-order valence-electron chi connectivity index (χ4n) is 2.92. The third kappa shape index (κ3) is 3.67. The van der Waals surface area contributed by atoms with Crippen LogP contribution in [0, 0.1) is 0 Å². The zero-order valence-corrected chi connectivity index (χ0v) is 16.0. The van der Waals surface area contributed by atoms with E-state index in [1.165, 1.54) is 4.90 Å². The first-order chi connectivity index (χ1) is 13.3. The van der Waals surface area contributed by atoms with Crippen LogP contribution in [0.5, 0.6) is 28.7 Å². The van der Waals surface area contributed by atoms with Gasteiger partial charge in [0.2, 0.25) is 5.75 Å². The molecule has 2 heterocycles. The van der Waals surface area contributed by atoms with Crippen molar-refractivity contribution in [2.45, 2.75) is 6.10 Å². The van der Waals surface area contributed by atoms with Gasteiger partial charge < -0.3 is 28.1 Å². The fraction of sp³-hybridized carbons (Fsp3) is 0.278. The molecule has 2 N–H and O–H groups in total. The van der Waals surface area contributed by atoms with E-state index < -0.39 is 23.1 Å². The summed E-state index contributed by atoms with van der Waals surface area (Å²) >= 11 is 0. The number of fused-ring (bicyclic) bond motifs is 2. The minimum atomic E-state index is -3.12. The highest BCUT2D eigenvalue weighted by molar-refractivity contribution is 8.19. The number of ether oxygens (including phenoxy) is 4. The normalized spacial score (nSPS) is 18.5. The number of cyclic esters (lactones) is 1. The van der Waals surface area contributed by atoms with Crippen LogP contribution in [0.4, 0.5) is 10.5 Å². The molecule has 1 fully saturated rings. The minimum absolute atomic E-state index is 0.115. The van der Waals surface area contributed by atoms with Crippen molar-refractivity contribution in [2.24, 2.45) is 0 Å². The maximum absolute atomic E-state index is 12.2. The summed E-state index contributed by atoms with van der Waals surface area (Å²) < 4.78 is 45.9. The van der Waals surface area contributed by atoms with E-state index in [0.717, 1.165) is 6.26 Å². The second kappa shape index (κ2) is 7.06. The number of carbonyl (C=O) groups is 1. The van der Waals surface area contributed by atoms with Gasteiger partial charge in [0, 0.05) is 12.3 Å². The lowest BCUT2D eigenvalue weighted by Crippen LogP contribution is -2.26. The van der Waals surface area contributed by atoms with Gasteiger partial charge in [-0.25, -0.2) is 4.79 Å². The maximum Gasteiger partial charge on any atom is 0.414 e. The van der Waals surface area contributed by atoms with Gasteiger partial charge in [-0.3, -0.25) is 9.08 Å². The first kappa shape index (κ1) is 18.7. The lowest BCUT2D eigenvalue weighted by atomic mass is 10.2. The second-order valence-electron chi connectivity index (χ2n) is 6.29. The van der Waals surface area contributed by atoms with Crippen molar-refractivity contribution < 1.29 is 37.0 Å². The van der Waals surface area contributed by atoms with E-state index in [-0.39, 0.29) is 13.2 Å². The number of para-hydroxylation sites is 1. The Morgan fingerprint density at radius 3 is 2.75 bits per heavy atom. The molecule has 9 nitrogen and oxygen atoms in total. The molecule has 0 spiro atoms. The molecule has 2 aromatic carbocycles. The zero-order valence-electron chi connectivity index (χ0n) is 15.2. The van der Waals surface area contributed by atoms with Gasteiger partial charge >= 0.3 is 6.09 Å². The fourth-order valence-corrected chi connectivity index (χ4v) is 3.33. The largest absolute Gasteiger partial charge is 0.493 e. The molecule has 2 aliphatic rings. The van der Waals surface area contributed by atoms with E-state index in [2.05, 4.69) is 0 Å². The van der Waals surface area contributed by atoms with Gasteiger partial charge in [0.15, 0.2) is 23.0 Å². The van der Waals surface area contributed by atoms with Crippen molar-refractivity contribution >= 4 is 22.7 Å². The third-order valence-electron chi connectivity index (χ3n) is 4.18. The molecule has 10 heteroatoms. The predicted octanol–water partition coefficient (Wildman–Crippen LogP) is 4.23. The van der Waals surface area contributed by atoms with Gasteiger partial charge in [-0.15, -0.1) is 0 Å². The molecular formula is C18H19NO8S. The Morgan fingerprint density at radius 2 is 2.00 bits per heavy atom. The summed E-state index contributed by atoms with van der Waals surface area (Å²) in [5.74, 6) is 2.47. The molecule has 1 saturated heterocycles. The van der Waals surface area contributed by atoms with Crippen LogP contribution < -0.4 is 19.1 Å². The van der Waals surface area contributed by atoms with Gasteiger partial charge in [0.1, 0.15) is 12.7 Å². The van der Waals surface area contributed by atoms with Crippen LogP contribution in [-0.2, 0) is 8.92 Å². The smallest absolute Gasteiger partial charge is 0.414 e. The van der Waals surface area contributed by atoms with Crippen molar-refractivity contribution in [3.63, 3.8) is 0 Å². The highest BCUT2D eigenvalue weighted by Gasteiger charge is 2.34. The molecule has 28 heavy (non-hydrogen) atoms. The Hall–Kier alpha value is -2.66. The number of amides is 1. The molecule has 0 saturated carbocycles. The number of carbonyl (C=O) groups excluding carboxylic acids is 1. The number of anilines is 1. The average Bonchev–Trinajstić information content (AvgIpc) is 3.04. The summed E-state index contributed by atoms with van der Waals surface area (Å²) in [4.78, 5) is 13.6. The number of rotatable bonds is 5. The lowest BCUT2D eigenvalue weighted by Gasteiger charge is -2.24. The molecule has 0 radical (unpaired) electrons. The first-order valence-electron chi connectivity index (χ1n) is 8.36. The van der Waals surface area contributed by atoms with Crippen LogP contribution >= 0.6 is 10.9 Å². The summed E-state index contributed by atoms with van der Waals surface area (Å²) in [7, 11) is -1.58. The number of methoxy groups -OCH3 is 1. The topological polar surface area (TPSA) is 107 Å². The minimum Gasteiger partial charge on any atom is -0.493 e. The van der Waals surface area contributed by atoms with Crippen LogP contribution in [0.25, 0.3) is 0 Å². The predicted molar refractivity (Wildman–Crippen MR) is 102 cm³/mol. The lowest BCUT2D eigenvalue weighted by molar-refractivity contribution is 0.101. The van der Waals surface area contributed by atoms with Gasteiger partial charge in [0.25, 0.3) is 0 Å². The standard InChI is InChI=1S/C18H19NO8S/c1-23-14-4-3-5-15-17(14)27-16-8-11(6-7-13(16)26-15)19-9-12(25-18(19)20)10-24-28(2,21)22/h3-8,12,21-22H,9-10H2,1-2H3/t12-/m1/s1. The van der Waals surface area contributed by atoms with Crippen molar-refractivity contribution in [1.82, 2.24) is 0 Å². The number of hydrogen-bond acceptors (Lipinski definition) is 8. The van der Waals surface area contributed by atoms with Crippen molar-refractivity contribution in [1.29, 1.82) is 0 Å². The van der Waals surface area contributed by atoms with Gasteiger partial charge in [-0.2, -0.15) is 0 Å². The maximum atomic E-state index is 12.2. The molecule has 150 valence electrons. The van der Waals surface area contributed by atoms with Gasteiger partial charge in [0.05, 0.1) is 30.2 Å². The van der Waals surface area contributed by atoms with E-state index in [0.29, 0.717) is 34.4 Å². The Balaban J connectivity index is 1.53. The average molecular weight is 409 g/mol. The molecule has 1 atom stereocenters. The monoisotopic (exact) mass is 409 g/mol. The first-order valence-corrected chi connectivity index (χ1v) is 10.2. The molecule has 0 aromatic heterocycles. The Labute approximate surface area is 162 Å². The summed E-state index contributed by atoms with van der Waals surface area (Å²) in [6.07, 6.45) is -0.0161. The molecule has 1 amide bonds. The van der Waals surface area contributed by atoms with E-state index in [9.17, 15) is 13.9 Å². The van der Waals surface area contributed by atoms with E-state index in [1.807, 2.05) is 0 Å². The molecule has 2 aliphatic heterocycles. The van der Waals surface area contributed by atoms with Crippen LogP contribution in [0.3, 0.4) is 0 Å². The summed E-state index contributed by atoms with van der Waals surface area (Å²) in [5.41, 5.74) is 0.552. The summed E-state index contributed by atoms with van der Waals surface area (Å²) in [6, 6.07) is 10.4. The van der Waals surface area contributed by atoms with Gasteiger partial charge in [-0.1, -0.05) is 6.07 Å². The van der Waals surface area contributed by atoms with Crippen LogP contribution in [0.2, 0.25) is 0 Å². The number of hydrogen-bond donors (Lipinski definition) is 2. The van der Waals surface area contributed by atoms with E-state index >= 15 is 0 Å². The molecule has 2 aromatic rings. The number of nitrogens with zero attached hydrogens (tertiary/aromatic N) is 1.